The Balaban J connectivity index is 2.00. The fourth-order valence-corrected chi connectivity index (χ4v) is 2.38. The van der Waals surface area contributed by atoms with Crippen molar-refractivity contribution < 1.29 is 24.2 Å². The number of hydrogen-bond donors (Lipinski definition) is 3. The van der Waals surface area contributed by atoms with Crippen molar-refractivity contribution in [1.29, 1.82) is 0 Å². The maximum atomic E-state index is 12.2. The van der Waals surface area contributed by atoms with E-state index in [9.17, 15) is 14.7 Å². The first-order valence-electron chi connectivity index (χ1n) is 8.01. The number of nitrogens with one attached hydrogen (secondary N) is 1. The van der Waals surface area contributed by atoms with Crippen molar-refractivity contribution in [2.24, 2.45) is 5.73 Å². The number of esters is 1. The summed E-state index contributed by atoms with van der Waals surface area (Å²) in [5, 5.41) is 12.3. The Kier molecular flexibility index (Phi) is 5.49. The molecule has 1 aromatic rings. The molecule has 0 spiro atoms. The fraction of sp³-hybridized carbons (Fsp3) is 0.444. The van der Waals surface area contributed by atoms with Gasteiger partial charge in [0.25, 0.3) is 0 Å². The van der Waals surface area contributed by atoms with Crippen LogP contribution in [0.4, 0.5) is 5.69 Å². The van der Waals surface area contributed by atoms with Crippen molar-refractivity contribution in [3.63, 3.8) is 0 Å². The second-order valence-electron chi connectivity index (χ2n) is 6.96. The molecule has 0 aromatic heterocycles. The summed E-state index contributed by atoms with van der Waals surface area (Å²) in [5.74, 6) is -0.576. The number of anilines is 1. The first-order chi connectivity index (χ1) is 11.5. The lowest BCUT2D eigenvalue weighted by molar-refractivity contribution is -0.155. The number of allylic oxidation sites excluding steroid dienone is 1. The molecule has 2 unspecified atom stereocenters. The number of aliphatic hydroxyl groups is 1. The van der Waals surface area contributed by atoms with E-state index in [1.165, 1.54) is 0 Å². The number of carbonyl (C=O) groups excluding carboxylic acids is 2. The molecule has 0 bridgehead atoms. The molecule has 7 nitrogen and oxygen atoms in total. The number of amides is 1. The fourth-order valence-electron chi connectivity index (χ4n) is 2.38. The van der Waals surface area contributed by atoms with E-state index in [-0.39, 0.29) is 6.42 Å². The van der Waals surface area contributed by atoms with Gasteiger partial charge in [-0.2, -0.15) is 0 Å². The van der Waals surface area contributed by atoms with E-state index < -0.39 is 29.8 Å². The highest BCUT2D eigenvalue weighted by Crippen LogP contribution is 2.33. The number of ether oxygens (including phenoxy) is 2. The molecule has 1 amide bonds. The second-order valence-corrected chi connectivity index (χ2v) is 6.96. The maximum absolute atomic E-state index is 12.2. The van der Waals surface area contributed by atoms with E-state index in [4.69, 9.17) is 15.2 Å². The monoisotopic (exact) mass is 348 g/mol. The maximum Gasteiger partial charge on any atom is 0.308 e. The van der Waals surface area contributed by atoms with Gasteiger partial charge in [0.1, 0.15) is 11.4 Å². The normalized spacial score (nSPS) is 17.7. The largest absolute Gasteiger partial charge is 0.461 e. The molecule has 0 saturated heterocycles. The van der Waals surface area contributed by atoms with Crippen LogP contribution in [0.25, 0.3) is 5.57 Å². The van der Waals surface area contributed by atoms with Crippen LogP contribution in [0.3, 0.4) is 0 Å². The number of aliphatic hydroxyl groups excluding tert-OH is 1. The molecule has 1 aliphatic heterocycles. The molecule has 2 rings (SSSR count). The van der Waals surface area contributed by atoms with Gasteiger partial charge in [-0.15, -0.1) is 0 Å². The molecular formula is C18H24N2O5. The van der Waals surface area contributed by atoms with E-state index >= 15 is 0 Å². The molecule has 136 valence electrons. The van der Waals surface area contributed by atoms with E-state index in [2.05, 4.69) is 5.32 Å². The highest BCUT2D eigenvalue weighted by atomic mass is 16.6. The van der Waals surface area contributed by atoms with Gasteiger partial charge in [0, 0.05) is 17.3 Å². The van der Waals surface area contributed by atoms with E-state index in [0.717, 1.165) is 11.1 Å². The molecule has 2 atom stereocenters. The van der Waals surface area contributed by atoms with Gasteiger partial charge in [-0.3, -0.25) is 9.59 Å². The number of rotatable bonds is 4. The van der Waals surface area contributed by atoms with Crippen LogP contribution in [-0.4, -0.2) is 34.9 Å². The number of nitrogens with two attached hydrogens (primary N) is 1. The average Bonchev–Trinajstić information content (AvgIpc) is 2.44. The molecule has 25 heavy (non-hydrogen) atoms. The van der Waals surface area contributed by atoms with Crippen molar-refractivity contribution in [1.82, 2.24) is 0 Å². The quantitative estimate of drug-likeness (QED) is 0.716. The van der Waals surface area contributed by atoms with Crippen LogP contribution < -0.4 is 15.8 Å². The topological polar surface area (TPSA) is 111 Å². The first-order valence-corrected chi connectivity index (χ1v) is 8.01. The lowest BCUT2D eigenvalue weighted by Crippen LogP contribution is -2.39. The second kappa shape index (κ2) is 7.25. The van der Waals surface area contributed by atoms with Crippen LogP contribution in [0.15, 0.2) is 24.3 Å². The summed E-state index contributed by atoms with van der Waals surface area (Å²) in [7, 11) is 0. The number of benzene rings is 1. The Morgan fingerprint density at radius 1 is 1.40 bits per heavy atom. The number of hydrogen-bond acceptors (Lipinski definition) is 6. The lowest BCUT2D eigenvalue weighted by atomic mass is 10.0. The smallest absolute Gasteiger partial charge is 0.308 e. The van der Waals surface area contributed by atoms with Gasteiger partial charge >= 0.3 is 5.97 Å². The summed E-state index contributed by atoms with van der Waals surface area (Å²) in [6.45, 7) is 7.09. The van der Waals surface area contributed by atoms with E-state index in [0.29, 0.717) is 11.4 Å². The van der Waals surface area contributed by atoms with Gasteiger partial charge in [0.2, 0.25) is 12.2 Å². The summed E-state index contributed by atoms with van der Waals surface area (Å²) in [4.78, 5) is 23.9. The molecule has 1 aliphatic rings. The van der Waals surface area contributed by atoms with Crippen LogP contribution in [0.5, 0.6) is 5.75 Å². The van der Waals surface area contributed by atoms with Crippen LogP contribution in [0, 0.1) is 0 Å². The standard InChI is InChI=1S/C18H24N2O5/c1-10-7-15(21)24-14-8-11(5-6-12(10)14)20-17(23)13(19)9-16(22)25-18(2,3)4/h5-8,13,15,21H,9,19H2,1-4H3,(H,20,23). The van der Waals surface area contributed by atoms with Crippen molar-refractivity contribution in [3.8, 4) is 5.75 Å². The van der Waals surface area contributed by atoms with Crippen molar-refractivity contribution in [2.45, 2.75) is 52.0 Å². The summed E-state index contributed by atoms with van der Waals surface area (Å²) in [5.41, 5.74) is 7.32. The zero-order chi connectivity index (χ0) is 18.8. The zero-order valence-corrected chi connectivity index (χ0v) is 14.8. The Morgan fingerprint density at radius 3 is 2.72 bits per heavy atom. The summed E-state index contributed by atoms with van der Waals surface area (Å²) in [6.07, 6.45) is 0.357. The predicted molar refractivity (Wildman–Crippen MR) is 93.8 cm³/mol. The molecular weight excluding hydrogens is 324 g/mol. The van der Waals surface area contributed by atoms with Crippen LogP contribution in [0.2, 0.25) is 0 Å². The third kappa shape index (κ3) is 5.30. The predicted octanol–water partition coefficient (Wildman–Crippen LogP) is 1.80. The van der Waals surface area contributed by atoms with Crippen LogP contribution in [0.1, 0.15) is 39.7 Å². The Labute approximate surface area is 146 Å². The molecule has 4 N–H and O–H groups in total. The van der Waals surface area contributed by atoms with Crippen molar-refractivity contribution in [2.75, 3.05) is 5.32 Å². The van der Waals surface area contributed by atoms with Gasteiger partial charge in [0.05, 0.1) is 12.5 Å². The minimum Gasteiger partial charge on any atom is -0.461 e. The Hall–Kier alpha value is -2.38. The van der Waals surface area contributed by atoms with Gasteiger partial charge in [-0.05, 0) is 51.5 Å². The highest BCUT2D eigenvalue weighted by molar-refractivity contribution is 5.97. The molecule has 0 saturated carbocycles. The number of fused-ring (bicyclic) bond motifs is 1. The van der Waals surface area contributed by atoms with Crippen molar-refractivity contribution >= 4 is 23.1 Å². The Bertz CT molecular complexity index is 706. The lowest BCUT2D eigenvalue weighted by Gasteiger charge is -2.22. The van der Waals surface area contributed by atoms with Gasteiger partial charge in [0.15, 0.2) is 0 Å². The van der Waals surface area contributed by atoms with Gasteiger partial charge in [-0.25, -0.2) is 0 Å². The molecule has 1 aromatic carbocycles. The summed E-state index contributed by atoms with van der Waals surface area (Å²) in [6, 6.07) is 4.06. The average molecular weight is 348 g/mol. The summed E-state index contributed by atoms with van der Waals surface area (Å²) < 4.78 is 10.5. The number of carbonyl (C=O) groups is 2. The minimum atomic E-state index is -1.03. The molecule has 0 fully saturated rings. The molecule has 7 heteroatoms. The Morgan fingerprint density at radius 2 is 2.08 bits per heavy atom. The third-order valence-corrected chi connectivity index (χ3v) is 3.46. The molecule has 1 heterocycles. The van der Waals surface area contributed by atoms with E-state index in [1.807, 2.05) is 6.92 Å². The van der Waals surface area contributed by atoms with Gasteiger partial charge < -0.3 is 25.6 Å². The third-order valence-electron chi connectivity index (χ3n) is 3.46. The minimum absolute atomic E-state index is 0.217. The molecule has 0 aliphatic carbocycles. The van der Waals surface area contributed by atoms with Crippen LogP contribution in [-0.2, 0) is 14.3 Å². The first kappa shape index (κ1) is 19.0. The SMILES string of the molecule is CC1=CC(O)Oc2cc(NC(=O)C(N)CC(=O)OC(C)(C)C)ccc21. The zero-order valence-electron chi connectivity index (χ0n) is 14.8. The van der Waals surface area contributed by atoms with Crippen molar-refractivity contribution in [3.05, 3.63) is 29.8 Å². The highest BCUT2D eigenvalue weighted by Gasteiger charge is 2.23. The van der Waals surface area contributed by atoms with Crippen LogP contribution >= 0.6 is 0 Å². The molecule has 0 radical (unpaired) electrons. The van der Waals surface area contributed by atoms with Gasteiger partial charge in [-0.1, -0.05) is 0 Å². The van der Waals surface area contributed by atoms with E-state index in [1.54, 1.807) is 45.0 Å². The summed E-state index contributed by atoms with van der Waals surface area (Å²) >= 11 is 0.